The van der Waals surface area contributed by atoms with Crippen LogP contribution in [0.2, 0.25) is 0 Å². The van der Waals surface area contributed by atoms with E-state index < -0.39 is 27.7 Å². The lowest BCUT2D eigenvalue weighted by Gasteiger charge is -2.15. The molecule has 132 valence electrons. The van der Waals surface area contributed by atoms with Crippen molar-refractivity contribution in [3.8, 4) is 0 Å². The second-order valence-electron chi connectivity index (χ2n) is 6.07. The molecule has 8 nitrogen and oxygen atoms in total. The lowest BCUT2D eigenvalue weighted by molar-refractivity contribution is -0.142. The van der Waals surface area contributed by atoms with Crippen LogP contribution in [-0.4, -0.2) is 30.6 Å². The highest BCUT2D eigenvalue weighted by Gasteiger charge is 2.23. The molecule has 1 aromatic carbocycles. The Morgan fingerprint density at radius 3 is 2.62 bits per heavy atom. The quantitative estimate of drug-likeness (QED) is 0.768. The van der Waals surface area contributed by atoms with Gasteiger partial charge < -0.3 is 9.52 Å². The summed E-state index contributed by atoms with van der Waals surface area (Å²) in [5.74, 6) is -2.31. The van der Waals surface area contributed by atoms with Crippen LogP contribution >= 0.6 is 0 Å². The molecule has 0 bridgehead atoms. The van der Waals surface area contributed by atoms with Gasteiger partial charge in [0.25, 0.3) is 0 Å². The first-order chi connectivity index (χ1) is 11.1. The van der Waals surface area contributed by atoms with Gasteiger partial charge in [-0.15, -0.1) is 0 Å². The van der Waals surface area contributed by atoms with E-state index in [4.69, 9.17) is 4.42 Å². The van der Waals surface area contributed by atoms with Crippen LogP contribution in [0, 0.1) is 11.8 Å². The summed E-state index contributed by atoms with van der Waals surface area (Å²) in [6.07, 6.45) is 0.366. The second-order valence-corrected chi connectivity index (χ2v) is 7.84. The predicted molar refractivity (Wildman–Crippen MR) is 87.2 cm³/mol. The van der Waals surface area contributed by atoms with Crippen LogP contribution in [0.25, 0.3) is 11.1 Å². The van der Waals surface area contributed by atoms with Crippen molar-refractivity contribution in [2.24, 2.45) is 18.9 Å². The Bertz CT molecular complexity index is 910. The summed E-state index contributed by atoms with van der Waals surface area (Å²) in [6.45, 7) is 3.54. The number of oxazole rings is 1. The van der Waals surface area contributed by atoms with Crippen molar-refractivity contribution < 1.29 is 22.7 Å². The predicted octanol–water partition coefficient (Wildman–Crippen LogP) is 1.16. The maximum absolute atomic E-state index is 12.3. The van der Waals surface area contributed by atoms with Crippen LogP contribution in [0.4, 0.5) is 0 Å². The number of nitrogens with one attached hydrogen (secondary N) is 1. The molecule has 0 saturated heterocycles. The first-order valence-electron chi connectivity index (χ1n) is 7.44. The van der Waals surface area contributed by atoms with Crippen molar-refractivity contribution in [1.29, 1.82) is 0 Å². The van der Waals surface area contributed by atoms with Gasteiger partial charge in [0.05, 0.1) is 16.3 Å². The van der Waals surface area contributed by atoms with Gasteiger partial charge in [-0.25, -0.2) is 17.9 Å². The first kappa shape index (κ1) is 18.2. The summed E-state index contributed by atoms with van der Waals surface area (Å²) < 4.78 is 33.3. The van der Waals surface area contributed by atoms with E-state index in [-0.39, 0.29) is 22.9 Å². The van der Waals surface area contributed by atoms with E-state index in [0.29, 0.717) is 11.9 Å². The van der Waals surface area contributed by atoms with E-state index in [1.54, 1.807) is 0 Å². The van der Waals surface area contributed by atoms with Crippen molar-refractivity contribution in [3.05, 3.63) is 28.7 Å². The Balaban J connectivity index is 2.23. The minimum atomic E-state index is -3.90. The molecule has 0 saturated carbocycles. The van der Waals surface area contributed by atoms with Crippen LogP contribution in [0.3, 0.4) is 0 Å². The van der Waals surface area contributed by atoms with E-state index >= 15 is 0 Å². The Kier molecular flexibility index (Phi) is 5.14. The third kappa shape index (κ3) is 3.85. The van der Waals surface area contributed by atoms with Gasteiger partial charge in [-0.3, -0.25) is 9.36 Å². The Morgan fingerprint density at radius 2 is 2.04 bits per heavy atom. The van der Waals surface area contributed by atoms with Crippen molar-refractivity contribution in [1.82, 2.24) is 9.29 Å². The zero-order chi connectivity index (χ0) is 18.1. The molecule has 1 aromatic heterocycles. The second kappa shape index (κ2) is 6.78. The van der Waals surface area contributed by atoms with Crippen molar-refractivity contribution >= 4 is 27.1 Å². The highest BCUT2D eigenvalue weighted by atomic mass is 32.2. The Hall–Kier alpha value is -2.13. The number of carbonyl (C=O) groups is 1. The summed E-state index contributed by atoms with van der Waals surface area (Å²) in [5.41, 5.74) is 0.629. The van der Waals surface area contributed by atoms with Crippen LogP contribution in [-0.2, 0) is 21.9 Å². The maximum Gasteiger partial charge on any atom is 0.419 e. The molecule has 1 unspecified atom stereocenters. The molecule has 1 atom stereocenters. The number of aryl methyl sites for hydroxylation is 1. The fourth-order valence-corrected chi connectivity index (χ4v) is 3.51. The molecule has 0 radical (unpaired) electrons. The average molecular weight is 356 g/mol. The molecular formula is C15H20N2O6S. The third-order valence-corrected chi connectivity index (χ3v) is 5.12. The van der Waals surface area contributed by atoms with E-state index in [1.165, 1.54) is 29.8 Å². The molecule has 0 aliphatic carbocycles. The number of carboxylic acids is 1. The number of benzene rings is 1. The fourth-order valence-electron chi connectivity index (χ4n) is 2.42. The highest BCUT2D eigenvalue weighted by molar-refractivity contribution is 7.89. The molecule has 0 amide bonds. The Labute approximate surface area is 139 Å². The number of carboxylic acid groups (broad SMARTS) is 1. The normalized spacial score (nSPS) is 13.5. The number of aliphatic carboxylic acids is 1. The van der Waals surface area contributed by atoms with Crippen molar-refractivity contribution in [3.63, 3.8) is 0 Å². The van der Waals surface area contributed by atoms with E-state index in [0.717, 1.165) is 0 Å². The fraction of sp³-hybridized carbons (Fsp3) is 0.467. The van der Waals surface area contributed by atoms with Crippen LogP contribution in [0.1, 0.15) is 20.3 Å². The number of rotatable bonds is 7. The molecule has 2 rings (SSSR count). The van der Waals surface area contributed by atoms with Gasteiger partial charge >= 0.3 is 11.7 Å². The largest absolute Gasteiger partial charge is 0.481 e. The summed E-state index contributed by atoms with van der Waals surface area (Å²) >= 11 is 0. The van der Waals surface area contributed by atoms with Crippen LogP contribution in [0.15, 0.2) is 32.3 Å². The number of nitrogens with zero attached hydrogens (tertiary/aromatic N) is 1. The van der Waals surface area contributed by atoms with Crippen molar-refractivity contribution in [2.75, 3.05) is 6.54 Å². The lowest BCUT2D eigenvalue weighted by Crippen LogP contribution is -2.33. The molecule has 9 heteroatoms. The number of hydrogen-bond donors (Lipinski definition) is 2. The lowest BCUT2D eigenvalue weighted by atomic mass is 9.98. The van der Waals surface area contributed by atoms with Gasteiger partial charge in [0.1, 0.15) is 0 Å². The molecular weight excluding hydrogens is 336 g/mol. The van der Waals surface area contributed by atoms with Gasteiger partial charge in [-0.05, 0) is 24.5 Å². The molecule has 0 spiro atoms. The van der Waals surface area contributed by atoms with Gasteiger partial charge in [-0.2, -0.15) is 0 Å². The topological polar surface area (TPSA) is 119 Å². The van der Waals surface area contributed by atoms with Gasteiger partial charge in [-0.1, -0.05) is 13.8 Å². The third-order valence-electron chi connectivity index (χ3n) is 3.70. The molecule has 0 fully saturated rings. The highest BCUT2D eigenvalue weighted by Crippen LogP contribution is 2.18. The molecule has 24 heavy (non-hydrogen) atoms. The summed E-state index contributed by atoms with van der Waals surface area (Å²) in [5, 5.41) is 9.18. The van der Waals surface area contributed by atoms with E-state index in [9.17, 15) is 23.1 Å². The summed E-state index contributed by atoms with van der Waals surface area (Å²) in [7, 11) is -2.39. The number of aromatic nitrogens is 1. The molecule has 2 aromatic rings. The average Bonchev–Trinajstić information content (AvgIpc) is 2.77. The molecule has 2 N–H and O–H groups in total. The maximum atomic E-state index is 12.3. The minimum Gasteiger partial charge on any atom is -0.481 e. The zero-order valence-electron chi connectivity index (χ0n) is 13.6. The number of sulfonamides is 1. The molecule has 0 aliphatic heterocycles. The Morgan fingerprint density at radius 1 is 1.38 bits per heavy atom. The van der Waals surface area contributed by atoms with Crippen molar-refractivity contribution in [2.45, 2.75) is 25.2 Å². The van der Waals surface area contributed by atoms with E-state index in [1.807, 2.05) is 13.8 Å². The molecule has 1 heterocycles. The van der Waals surface area contributed by atoms with Crippen LogP contribution in [0.5, 0.6) is 0 Å². The standard InChI is InChI=1S/C15H20N2O6S/c1-9(2)6-10(14(18)19)8-16-24(21,22)11-4-5-12-13(7-11)23-15(20)17(12)3/h4-5,7,9-10,16H,6,8H2,1-3H3,(H,18,19). The zero-order valence-corrected chi connectivity index (χ0v) is 14.5. The van der Waals surface area contributed by atoms with Gasteiger partial charge in [0.2, 0.25) is 10.0 Å². The monoisotopic (exact) mass is 356 g/mol. The van der Waals surface area contributed by atoms with Crippen LogP contribution < -0.4 is 10.5 Å². The summed E-state index contributed by atoms with van der Waals surface area (Å²) in [4.78, 5) is 22.6. The molecule has 0 aliphatic rings. The number of fused-ring (bicyclic) bond motifs is 1. The summed E-state index contributed by atoms with van der Waals surface area (Å²) in [6, 6.07) is 4.06. The first-order valence-corrected chi connectivity index (χ1v) is 8.92. The van der Waals surface area contributed by atoms with E-state index in [2.05, 4.69) is 4.72 Å². The SMILES string of the molecule is CC(C)CC(CNS(=O)(=O)c1ccc2c(c1)oc(=O)n2C)C(=O)O. The number of hydrogen-bond acceptors (Lipinski definition) is 5. The minimum absolute atomic E-state index is 0.0852. The smallest absolute Gasteiger partial charge is 0.419 e. The van der Waals surface area contributed by atoms with Gasteiger partial charge in [0.15, 0.2) is 5.58 Å². The van der Waals surface area contributed by atoms with Gasteiger partial charge in [0, 0.05) is 19.7 Å².